The van der Waals surface area contributed by atoms with Gasteiger partial charge in [-0.2, -0.15) is 0 Å². The highest BCUT2D eigenvalue weighted by Gasteiger charge is 2.34. The number of ether oxygens (including phenoxy) is 1. The molecule has 1 aliphatic heterocycles. The molecular weight excluding hydrogens is 432 g/mol. The molecule has 186 valence electrons. The van der Waals surface area contributed by atoms with Crippen molar-refractivity contribution in [2.75, 3.05) is 19.8 Å². The molecule has 0 spiro atoms. The number of carbonyl (C=O) groups is 3. The lowest BCUT2D eigenvalue weighted by Gasteiger charge is -2.28. The van der Waals surface area contributed by atoms with Gasteiger partial charge in [-0.15, -0.1) is 13.2 Å². The second kappa shape index (κ2) is 15.1. The normalized spacial score (nSPS) is 17.0. The van der Waals surface area contributed by atoms with E-state index in [1.54, 1.807) is 17.1 Å². The van der Waals surface area contributed by atoms with E-state index in [9.17, 15) is 19.5 Å². The van der Waals surface area contributed by atoms with Gasteiger partial charge in [0, 0.05) is 19.4 Å². The van der Waals surface area contributed by atoms with E-state index < -0.39 is 12.0 Å². The Morgan fingerprint density at radius 3 is 2.65 bits per heavy atom. The van der Waals surface area contributed by atoms with Crippen LogP contribution in [-0.4, -0.2) is 59.6 Å². The van der Waals surface area contributed by atoms with Crippen molar-refractivity contribution in [2.45, 2.75) is 63.5 Å². The maximum absolute atomic E-state index is 13.3. The molecular formula is C27H38N2O5. The van der Waals surface area contributed by atoms with E-state index in [-0.39, 0.29) is 43.5 Å². The molecule has 2 amide bonds. The summed E-state index contributed by atoms with van der Waals surface area (Å²) in [4.78, 5) is 39.7. The van der Waals surface area contributed by atoms with Crippen LogP contribution in [0.1, 0.15) is 50.5 Å². The maximum Gasteiger partial charge on any atom is 0.305 e. The highest BCUT2D eigenvalue weighted by Crippen LogP contribution is 2.23. The van der Waals surface area contributed by atoms with Gasteiger partial charge in [-0.05, 0) is 44.1 Å². The van der Waals surface area contributed by atoms with Gasteiger partial charge in [0.15, 0.2) is 0 Å². The Balaban J connectivity index is 1.91. The molecule has 7 heteroatoms. The summed E-state index contributed by atoms with van der Waals surface area (Å²) in [6.45, 7) is 7.96. The number of hydrogen-bond acceptors (Lipinski definition) is 5. The number of benzene rings is 1. The molecule has 0 bridgehead atoms. The lowest BCUT2D eigenvalue weighted by Crippen LogP contribution is -2.45. The number of nitrogens with zero attached hydrogens (tertiary/aromatic N) is 1. The van der Waals surface area contributed by atoms with E-state index >= 15 is 0 Å². The highest BCUT2D eigenvalue weighted by atomic mass is 16.5. The van der Waals surface area contributed by atoms with Crippen molar-refractivity contribution in [2.24, 2.45) is 5.92 Å². The van der Waals surface area contributed by atoms with Crippen molar-refractivity contribution in [1.82, 2.24) is 10.2 Å². The van der Waals surface area contributed by atoms with E-state index in [4.69, 9.17) is 4.74 Å². The van der Waals surface area contributed by atoms with Crippen LogP contribution in [0.4, 0.5) is 0 Å². The largest absolute Gasteiger partial charge is 0.463 e. The number of esters is 1. The Morgan fingerprint density at radius 2 is 1.97 bits per heavy atom. The van der Waals surface area contributed by atoms with Gasteiger partial charge < -0.3 is 20.1 Å². The van der Waals surface area contributed by atoms with Gasteiger partial charge in [-0.1, -0.05) is 42.5 Å². The Labute approximate surface area is 202 Å². The molecule has 3 atom stereocenters. The molecule has 1 saturated heterocycles. The predicted octanol–water partition coefficient (Wildman–Crippen LogP) is 3.18. The van der Waals surface area contributed by atoms with Crippen molar-refractivity contribution < 1.29 is 24.2 Å². The molecule has 1 heterocycles. The fourth-order valence-electron chi connectivity index (χ4n) is 4.23. The van der Waals surface area contributed by atoms with E-state index in [1.165, 1.54) is 0 Å². The van der Waals surface area contributed by atoms with Crippen LogP contribution in [0.2, 0.25) is 0 Å². The molecule has 0 unspecified atom stereocenters. The Kier molecular flexibility index (Phi) is 12.1. The van der Waals surface area contributed by atoms with Crippen LogP contribution < -0.4 is 5.32 Å². The number of rotatable bonds is 15. The first-order valence-corrected chi connectivity index (χ1v) is 12.1. The van der Waals surface area contributed by atoms with Crippen LogP contribution >= 0.6 is 0 Å². The SMILES string of the molecule is C=CCCCC(=O)OC[C@@H]1CCCN1C(=O)[C@@H](CC=C)CC(=O)N[C@H](CO)Cc1ccccc1. The quantitative estimate of drug-likeness (QED) is 0.233. The molecule has 0 aromatic heterocycles. The number of amides is 2. The summed E-state index contributed by atoms with van der Waals surface area (Å²) in [6.07, 6.45) is 7.71. The molecule has 1 aliphatic rings. The van der Waals surface area contributed by atoms with Crippen LogP contribution in [-0.2, 0) is 25.5 Å². The molecule has 2 N–H and O–H groups in total. The summed E-state index contributed by atoms with van der Waals surface area (Å²) >= 11 is 0. The molecule has 1 aromatic carbocycles. The fourth-order valence-corrected chi connectivity index (χ4v) is 4.23. The number of carbonyl (C=O) groups excluding carboxylic acids is 3. The second-order valence-corrected chi connectivity index (χ2v) is 8.75. The van der Waals surface area contributed by atoms with E-state index in [1.807, 2.05) is 30.3 Å². The minimum absolute atomic E-state index is 0.0146. The first-order valence-electron chi connectivity index (χ1n) is 12.1. The van der Waals surface area contributed by atoms with Crippen molar-refractivity contribution in [3.05, 3.63) is 61.2 Å². The van der Waals surface area contributed by atoms with Gasteiger partial charge in [0.25, 0.3) is 0 Å². The summed E-state index contributed by atoms with van der Waals surface area (Å²) in [5, 5.41) is 12.6. The van der Waals surface area contributed by atoms with Gasteiger partial charge in [-0.25, -0.2) is 0 Å². The predicted molar refractivity (Wildman–Crippen MR) is 132 cm³/mol. The van der Waals surface area contributed by atoms with E-state index in [2.05, 4.69) is 18.5 Å². The molecule has 7 nitrogen and oxygen atoms in total. The topological polar surface area (TPSA) is 95.9 Å². The number of aliphatic hydroxyl groups is 1. The van der Waals surface area contributed by atoms with Crippen LogP contribution in [0.5, 0.6) is 0 Å². The van der Waals surface area contributed by atoms with Crippen molar-refractivity contribution in [1.29, 1.82) is 0 Å². The van der Waals surface area contributed by atoms with E-state index in [0.29, 0.717) is 32.2 Å². The summed E-state index contributed by atoms with van der Waals surface area (Å²) in [6, 6.07) is 9.03. The zero-order chi connectivity index (χ0) is 24.8. The third-order valence-electron chi connectivity index (χ3n) is 6.03. The zero-order valence-electron chi connectivity index (χ0n) is 20.0. The lowest BCUT2D eigenvalue weighted by atomic mass is 9.98. The fraction of sp³-hybridized carbons (Fsp3) is 0.519. The summed E-state index contributed by atoms with van der Waals surface area (Å²) in [5.41, 5.74) is 1.01. The minimum Gasteiger partial charge on any atom is -0.463 e. The smallest absolute Gasteiger partial charge is 0.305 e. The van der Waals surface area contributed by atoms with Gasteiger partial charge in [0.2, 0.25) is 11.8 Å². The van der Waals surface area contributed by atoms with Crippen molar-refractivity contribution in [3.63, 3.8) is 0 Å². The van der Waals surface area contributed by atoms with Gasteiger partial charge in [0.05, 0.1) is 24.6 Å². The summed E-state index contributed by atoms with van der Waals surface area (Å²) < 4.78 is 5.40. The zero-order valence-corrected chi connectivity index (χ0v) is 20.0. The van der Waals surface area contributed by atoms with Gasteiger partial charge in [0.1, 0.15) is 6.61 Å². The van der Waals surface area contributed by atoms with E-state index in [0.717, 1.165) is 24.8 Å². The lowest BCUT2D eigenvalue weighted by molar-refractivity contribution is -0.148. The van der Waals surface area contributed by atoms with Crippen LogP contribution in [0.3, 0.4) is 0 Å². The van der Waals surface area contributed by atoms with Crippen LogP contribution in [0.25, 0.3) is 0 Å². The average Bonchev–Trinajstić information content (AvgIpc) is 3.31. The third-order valence-corrected chi connectivity index (χ3v) is 6.03. The van der Waals surface area contributed by atoms with Crippen LogP contribution in [0.15, 0.2) is 55.6 Å². The number of hydrogen-bond donors (Lipinski definition) is 2. The maximum atomic E-state index is 13.3. The molecule has 0 aliphatic carbocycles. The number of nitrogens with one attached hydrogen (secondary N) is 1. The monoisotopic (exact) mass is 470 g/mol. The van der Waals surface area contributed by atoms with Gasteiger partial charge >= 0.3 is 5.97 Å². The highest BCUT2D eigenvalue weighted by molar-refractivity contribution is 5.86. The minimum atomic E-state index is -0.544. The Bertz CT molecular complexity index is 810. The Hall–Kier alpha value is -2.93. The average molecular weight is 471 g/mol. The first-order chi connectivity index (χ1) is 16.5. The molecule has 0 radical (unpaired) electrons. The standard InChI is InChI=1S/C27H38N2O5/c1-3-5-7-15-26(32)34-20-24-14-10-16-29(24)27(33)22(11-4-2)18-25(31)28-23(19-30)17-21-12-8-6-9-13-21/h3-4,6,8-9,12-13,22-24,30H,1-2,5,7,10-11,14-20H2,(H,28,31)/t22-,23-,24-/m0/s1. The number of allylic oxidation sites excluding steroid dienone is 2. The molecule has 1 aromatic rings. The summed E-state index contributed by atoms with van der Waals surface area (Å²) in [7, 11) is 0. The Morgan fingerprint density at radius 1 is 1.21 bits per heavy atom. The molecule has 1 fully saturated rings. The number of likely N-dealkylation sites (tertiary alicyclic amines) is 1. The molecule has 0 saturated carbocycles. The van der Waals surface area contributed by atoms with Crippen molar-refractivity contribution in [3.8, 4) is 0 Å². The number of unbranched alkanes of at least 4 members (excludes halogenated alkanes) is 1. The molecule has 34 heavy (non-hydrogen) atoms. The summed E-state index contributed by atoms with van der Waals surface area (Å²) in [5.74, 6) is -1.21. The second-order valence-electron chi connectivity index (χ2n) is 8.75. The first kappa shape index (κ1) is 27.3. The van der Waals surface area contributed by atoms with Crippen LogP contribution in [0, 0.1) is 5.92 Å². The number of aliphatic hydroxyl groups excluding tert-OH is 1. The van der Waals surface area contributed by atoms with Crippen molar-refractivity contribution >= 4 is 17.8 Å². The van der Waals surface area contributed by atoms with Gasteiger partial charge in [-0.3, -0.25) is 14.4 Å². The molecule has 2 rings (SSSR count). The third kappa shape index (κ3) is 9.14.